The van der Waals surface area contributed by atoms with Gasteiger partial charge in [0.05, 0.1) is 11.6 Å². The Morgan fingerprint density at radius 2 is 1.70 bits per heavy atom. The Kier molecular flexibility index (Phi) is 3.44. The number of hydrogen-bond acceptors (Lipinski definition) is 2. The molecule has 0 aliphatic heterocycles. The summed E-state index contributed by atoms with van der Waals surface area (Å²) in [6.07, 6.45) is 1.76. The molecule has 0 saturated carbocycles. The Bertz CT molecular complexity index is 734. The van der Waals surface area contributed by atoms with Gasteiger partial charge in [-0.1, -0.05) is 42.5 Å². The highest BCUT2D eigenvalue weighted by atomic mass is 19.1. The van der Waals surface area contributed by atoms with E-state index in [2.05, 4.69) is 10.3 Å². The second kappa shape index (κ2) is 5.39. The van der Waals surface area contributed by atoms with Crippen LogP contribution >= 0.6 is 0 Å². The summed E-state index contributed by atoms with van der Waals surface area (Å²) in [7, 11) is 1.83. The molecular formula is C17H15FN2. The number of pyridine rings is 1. The molecule has 1 atom stereocenters. The molecule has 0 spiro atoms. The maximum absolute atomic E-state index is 14.1. The SMILES string of the molecule is CNC(c1ccccc1F)c1cccc2cccnc12. The van der Waals surface area contributed by atoms with Gasteiger partial charge in [-0.15, -0.1) is 0 Å². The highest BCUT2D eigenvalue weighted by molar-refractivity contribution is 5.82. The van der Waals surface area contributed by atoms with Gasteiger partial charge < -0.3 is 5.32 Å². The lowest BCUT2D eigenvalue weighted by atomic mass is 9.96. The second-order valence-corrected chi connectivity index (χ2v) is 4.67. The fourth-order valence-corrected chi connectivity index (χ4v) is 2.55. The third-order valence-electron chi connectivity index (χ3n) is 3.48. The van der Waals surface area contributed by atoms with Crippen molar-refractivity contribution in [2.45, 2.75) is 6.04 Å². The first-order valence-corrected chi connectivity index (χ1v) is 6.56. The lowest BCUT2D eigenvalue weighted by molar-refractivity contribution is 0.577. The van der Waals surface area contributed by atoms with Gasteiger partial charge in [0.15, 0.2) is 0 Å². The highest BCUT2D eigenvalue weighted by Gasteiger charge is 2.18. The maximum atomic E-state index is 14.1. The first-order valence-electron chi connectivity index (χ1n) is 6.56. The Hall–Kier alpha value is -2.26. The number of aromatic nitrogens is 1. The zero-order chi connectivity index (χ0) is 13.9. The molecule has 2 nitrogen and oxygen atoms in total. The Balaban J connectivity index is 2.20. The van der Waals surface area contributed by atoms with Crippen molar-refractivity contribution in [3.63, 3.8) is 0 Å². The quantitative estimate of drug-likeness (QED) is 0.782. The summed E-state index contributed by atoms with van der Waals surface area (Å²) in [5, 5.41) is 4.24. The minimum absolute atomic E-state index is 0.209. The summed E-state index contributed by atoms with van der Waals surface area (Å²) < 4.78 is 14.1. The van der Waals surface area contributed by atoms with E-state index in [0.717, 1.165) is 16.5 Å². The van der Waals surface area contributed by atoms with E-state index in [0.29, 0.717) is 5.56 Å². The number of nitrogens with one attached hydrogen (secondary N) is 1. The lowest BCUT2D eigenvalue weighted by Crippen LogP contribution is -2.19. The van der Waals surface area contributed by atoms with Gasteiger partial charge in [-0.3, -0.25) is 4.98 Å². The molecule has 1 unspecified atom stereocenters. The molecule has 3 rings (SSSR count). The number of benzene rings is 2. The monoisotopic (exact) mass is 266 g/mol. The molecule has 20 heavy (non-hydrogen) atoms. The summed E-state index contributed by atoms with van der Waals surface area (Å²) in [6.45, 7) is 0. The zero-order valence-corrected chi connectivity index (χ0v) is 11.2. The molecule has 0 aliphatic carbocycles. The molecule has 1 heterocycles. The summed E-state index contributed by atoms with van der Waals surface area (Å²) in [6, 6.07) is 16.5. The molecule has 2 aromatic carbocycles. The molecule has 0 amide bonds. The van der Waals surface area contributed by atoms with Gasteiger partial charge >= 0.3 is 0 Å². The van der Waals surface area contributed by atoms with E-state index in [1.165, 1.54) is 6.07 Å². The predicted octanol–water partition coefficient (Wildman–Crippen LogP) is 3.68. The molecule has 0 fully saturated rings. The Morgan fingerprint density at radius 3 is 2.50 bits per heavy atom. The standard InChI is InChI=1S/C17H15FN2/c1-19-17(13-8-2-3-10-15(13)18)14-9-4-6-12-7-5-11-20-16(12)14/h2-11,17,19H,1H3. The van der Waals surface area contributed by atoms with Crippen LogP contribution in [0.4, 0.5) is 4.39 Å². The fraction of sp³-hybridized carbons (Fsp3) is 0.118. The van der Waals surface area contributed by atoms with Crippen LogP contribution in [0.3, 0.4) is 0 Å². The molecule has 0 radical (unpaired) electrons. The smallest absolute Gasteiger partial charge is 0.128 e. The van der Waals surface area contributed by atoms with Crippen LogP contribution in [0.25, 0.3) is 10.9 Å². The van der Waals surface area contributed by atoms with Crippen LogP contribution in [0, 0.1) is 5.82 Å². The van der Waals surface area contributed by atoms with E-state index in [9.17, 15) is 4.39 Å². The number of halogens is 1. The molecule has 3 aromatic rings. The number of rotatable bonds is 3. The summed E-state index contributed by atoms with van der Waals surface area (Å²) >= 11 is 0. The number of fused-ring (bicyclic) bond motifs is 1. The third-order valence-corrected chi connectivity index (χ3v) is 3.48. The Morgan fingerprint density at radius 1 is 0.950 bits per heavy atom. The highest BCUT2D eigenvalue weighted by Crippen LogP contribution is 2.28. The second-order valence-electron chi connectivity index (χ2n) is 4.67. The van der Waals surface area contributed by atoms with Gasteiger partial charge in [-0.05, 0) is 24.7 Å². The molecule has 3 heteroatoms. The Labute approximate surface area is 117 Å². The molecule has 1 N–H and O–H groups in total. The van der Waals surface area contributed by atoms with E-state index in [1.54, 1.807) is 18.3 Å². The molecule has 0 bridgehead atoms. The van der Waals surface area contributed by atoms with Crippen LogP contribution in [-0.2, 0) is 0 Å². The van der Waals surface area contributed by atoms with E-state index < -0.39 is 0 Å². The fourth-order valence-electron chi connectivity index (χ4n) is 2.55. The molecule has 0 aliphatic rings. The van der Waals surface area contributed by atoms with Crippen molar-refractivity contribution in [1.29, 1.82) is 0 Å². The van der Waals surface area contributed by atoms with E-state index >= 15 is 0 Å². The van der Waals surface area contributed by atoms with Crippen LogP contribution in [0.5, 0.6) is 0 Å². The molecule has 100 valence electrons. The van der Waals surface area contributed by atoms with Gasteiger partial charge in [0.25, 0.3) is 0 Å². The van der Waals surface area contributed by atoms with Gasteiger partial charge in [0.1, 0.15) is 5.82 Å². The van der Waals surface area contributed by atoms with E-state index in [1.807, 2.05) is 43.4 Å². The molecule has 1 aromatic heterocycles. The molecular weight excluding hydrogens is 251 g/mol. The van der Waals surface area contributed by atoms with Gasteiger partial charge in [0, 0.05) is 17.1 Å². The van der Waals surface area contributed by atoms with Crippen LogP contribution < -0.4 is 5.32 Å². The minimum atomic E-state index is -0.213. The first kappa shape index (κ1) is 12.8. The number of hydrogen-bond donors (Lipinski definition) is 1. The van der Waals surface area contributed by atoms with Gasteiger partial charge in [-0.25, -0.2) is 4.39 Å². The van der Waals surface area contributed by atoms with E-state index in [4.69, 9.17) is 0 Å². The normalized spacial score (nSPS) is 12.5. The van der Waals surface area contributed by atoms with Crippen molar-refractivity contribution in [3.05, 3.63) is 77.7 Å². The van der Waals surface area contributed by atoms with Crippen LogP contribution in [0.15, 0.2) is 60.8 Å². The average Bonchev–Trinajstić information content (AvgIpc) is 2.50. The summed E-state index contributed by atoms with van der Waals surface area (Å²) in [5.74, 6) is -0.209. The third kappa shape index (κ3) is 2.17. The van der Waals surface area contributed by atoms with Crippen molar-refractivity contribution < 1.29 is 4.39 Å². The topological polar surface area (TPSA) is 24.9 Å². The number of para-hydroxylation sites is 1. The van der Waals surface area contributed by atoms with Gasteiger partial charge in [-0.2, -0.15) is 0 Å². The van der Waals surface area contributed by atoms with Crippen molar-refractivity contribution in [2.75, 3.05) is 7.05 Å². The van der Waals surface area contributed by atoms with Crippen molar-refractivity contribution >= 4 is 10.9 Å². The van der Waals surface area contributed by atoms with Crippen molar-refractivity contribution in [2.24, 2.45) is 0 Å². The number of nitrogens with zero attached hydrogens (tertiary/aromatic N) is 1. The minimum Gasteiger partial charge on any atom is -0.309 e. The molecule has 0 saturated heterocycles. The lowest BCUT2D eigenvalue weighted by Gasteiger charge is -2.19. The first-order chi connectivity index (χ1) is 9.81. The average molecular weight is 266 g/mol. The summed E-state index contributed by atoms with van der Waals surface area (Å²) in [4.78, 5) is 4.44. The maximum Gasteiger partial charge on any atom is 0.128 e. The predicted molar refractivity (Wildman–Crippen MR) is 79.0 cm³/mol. The zero-order valence-electron chi connectivity index (χ0n) is 11.2. The van der Waals surface area contributed by atoms with Crippen molar-refractivity contribution in [3.8, 4) is 0 Å². The van der Waals surface area contributed by atoms with Gasteiger partial charge in [0.2, 0.25) is 0 Å². The summed E-state index contributed by atoms with van der Waals surface area (Å²) in [5.41, 5.74) is 2.52. The van der Waals surface area contributed by atoms with Crippen molar-refractivity contribution in [1.82, 2.24) is 10.3 Å². The van der Waals surface area contributed by atoms with Crippen LogP contribution in [0.2, 0.25) is 0 Å². The van der Waals surface area contributed by atoms with Crippen LogP contribution in [-0.4, -0.2) is 12.0 Å². The largest absolute Gasteiger partial charge is 0.309 e. The van der Waals surface area contributed by atoms with Crippen LogP contribution in [0.1, 0.15) is 17.2 Å². The van der Waals surface area contributed by atoms with E-state index in [-0.39, 0.29) is 11.9 Å².